The highest BCUT2D eigenvalue weighted by Crippen LogP contribution is 2.39. The molecule has 1 N–H and O–H groups in total. The second-order valence-electron chi connectivity index (χ2n) is 5.75. The van der Waals surface area contributed by atoms with Crippen molar-refractivity contribution in [3.05, 3.63) is 16.4 Å². The van der Waals surface area contributed by atoms with Gasteiger partial charge in [-0.1, -0.05) is 32.4 Å². The third kappa shape index (κ3) is 3.32. The van der Waals surface area contributed by atoms with Gasteiger partial charge in [-0.25, -0.2) is 0 Å². The van der Waals surface area contributed by atoms with E-state index in [-0.39, 0.29) is 0 Å². The lowest BCUT2D eigenvalue weighted by Crippen LogP contribution is -2.38. The molecule has 0 aromatic carbocycles. The van der Waals surface area contributed by atoms with Crippen LogP contribution in [0.25, 0.3) is 0 Å². The van der Waals surface area contributed by atoms with Crippen LogP contribution in [0.1, 0.15) is 45.0 Å². The zero-order chi connectivity index (χ0) is 14.0. The zero-order valence-corrected chi connectivity index (χ0v) is 13.3. The summed E-state index contributed by atoms with van der Waals surface area (Å²) in [6, 6.07) is 0.509. The van der Waals surface area contributed by atoms with Crippen LogP contribution in [0, 0.1) is 11.8 Å². The molecule has 0 saturated heterocycles. The van der Waals surface area contributed by atoms with Crippen LogP contribution in [0.3, 0.4) is 0 Å². The average Bonchev–Trinajstić information content (AvgIpc) is 3.19. The highest BCUT2D eigenvalue weighted by molar-refractivity contribution is 6.31. The van der Waals surface area contributed by atoms with Crippen molar-refractivity contribution >= 4 is 11.6 Å². The summed E-state index contributed by atoms with van der Waals surface area (Å²) in [5, 5.41) is 9.02. The van der Waals surface area contributed by atoms with Gasteiger partial charge >= 0.3 is 0 Å². The first kappa shape index (κ1) is 14.9. The summed E-state index contributed by atoms with van der Waals surface area (Å²) in [6.45, 7) is 7.66. The molecule has 19 heavy (non-hydrogen) atoms. The Hall–Kier alpha value is -0.540. The lowest BCUT2D eigenvalue weighted by molar-refractivity contribution is 0.339. The van der Waals surface area contributed by atoms with Crippen molar-refractivity contribution in [2.45, 2.75) is 52.5 Å². The van der Waals surface area contributed by atoms with Crippen LogP contribution in [0.5, 0.6) is 0 Å². The minimum Gasteiger partial charge on any atom is -0.314 e. The Balaban J connectivity index is 2.13. The molecule has 4 heteroatoms. The molecule has 108 valence electrons. The number of aromatic nitrogens is 2. The van der Waals surface area contributed by atoms with Gasteiger partial charge in [0.25, 0.3) is 0 Å². The Kier molecular flexibility index (Phi) is 4.91. The number of aryl methyl sites for hydroxylation is 2. The van der Waals surface area contributed by atoms with Crippen molar-refractivity contribution in [1.82, 2.24) is 15.1 Å². The van der Waals surface area contributed by atoms with Gasteiger partial charge in [0.1, 0.15) is 0 Å². The number of hydrogen-bond donors (Lipinski definition) is 1. The number of halogens is 1. The second kappa shape index (κ2) is 6.27. The molecule has 3 nitrogen and oxygen atoms in total. The van der Waals surface area contributed by atoms with Crippen LogP contribution in [-0.4, -0.2) is 22.4 Å². The van der Waals surface area contributed by atoms with Gasteiger partial charge in [0.15, 0.2) is 0 Å². The van der Waals surface area contributed by atoms with E-state index in [0.29, 0.717) is 6.04 Å². The third-order valence-corrected chi connectivity index (χ3v) is 4.82. The first-order valence-electron chi connectivity index (χ1n) is 7.52. The number of nitrogens with zero attached hydrogens (tertiary/aromatic N) is 2. The van der Waals surface area contributed by atoms with Gasteiger partial charge in [0.05, 0.1) is 16.4 Å². The second-order valence-corrected chi connectivity index (χ2v) is 6.13. The molecule has 0 bridgehead atoms. The van der Waals surface area contributed by atoms with Crippen LogP contribution in [-0.2, 0) is 19.9 Å². The zero-order valence-electron chi connectivity index (χ0n) is 12.5. The molecule has 2 unspecified atom stereocenters. The summed E-state index contributed by atoms with van der Waals surface area (Å²) in [7, 11) is 2.01. The summed E-state index contributed by atoms with van der Waals surface area (Å²) in [6.07, 6.45) is 4.66. The molecule has 1 aliphatic rings. The fraction of sp³-hybridized carbons (Fsp3) is 0.800. The van der Waals surface area contributed by atoms with Crippen LogP contribution >= 0.6 is 11.6 Å². The van der Waals surface area contributed by atoms with Crippen LogP contribution in [0.4, 0.5) is 0 Å². The van der Waals surface area contributed by atoms with Gasteiger partial charge in [0.2, 0.25) is 0 Å². The van der Waals surface area contributed by atoms with Gasteiger partial charge in [-0.2, -0.15) is 5.10 Å². The van der Waals surface area contributed by atoms with Crippen molar-refractivity contribution in [3.8, 4) is 0 Å². The molecule has 1 aromatic rings. The van der Waals surface area contributed by atoms with E-state index in [1.54, 1.807) is 0 Å². The minimum absolute atomic E-state index is 0.509. The highest BCUT2D eigenvalue weighted by Gasteiger charge is 2.33. The molecule has 0 aliphatic heterocycles. The van der Waals surface area contributed by atoms with E-state index in [4.69, 9.17) is 11.6 Å². The Morgan fingerprint density at radius 2 is 2.11 bits per heavy atom. The van der Waals surface area contributed by atoms with E-state index in [1.165, 1.54) is 18.5 Å². The maximum absolute atomic E-state index is 6.46. The SMILES string of the molecule is CCNC(Cc1c(Cl)c(CC)nn1C)C(C)C1CC1. The van der Waals surface area contributed by atoms with Gasteiger partial charge in [-0.15, -0.1) is 0 Å². The van der Waals surface area contributed by atoms with Crippen molar-refractivity contribution in [1.29, 1.82) is 0 Å². The number of rotatable bonds is 7. The van der Waals surface area contributed by atoms with E-state index in [0.717, 1.165) is 41.9 Å². The van der Waals surface area contributed by atoms with Crippen molar-refractivity contribution in [2.24, 2.45) is 18.9 Å². The molecule has 2 atom stereocenters. The Bertz CT molecular complexity index is 423. The molecule has 1 fully saturated rings. The van der Waals surface area contributed by atoms with E-state index in [1.807, 2.05) is 11.7 Å². The number of likely N-dealkylation sites (N-methyl/N-ethyl adjacent to an activating group) is 1. The lowest BCUT2D eigenvalue weighted by atomic mass is 9.92. The fourth-order valence-electron chi connectivity index (χ4n) is 2.91. The van der Waals surface area contributed by atoms with Crippen LogP contribution < -0.4 is 5.32 Å². The van der Waals surface area contributed by atoms with E-state index >= 15 is 0 Å². The van der Waals surface area contributed by atoms with Gasteiger partial charge in [-0.05, 0) is 37.6 Å². The third-order valence-electron chi connectivity index (χ3n) is 4.38. The molecular formula is C15H26ClN3. The topological polar surface area (TPSA) is 29.9 Å². The molecule has 0 radical (unpaired) electrons. The molecule has 0 amide bonds. The van der Waals surface area contributed by atoms with E-state index in [9.17, 15) is 0 Å². The molecular weight excluding hydrogens is 258 g/mol. The lowest BCUT2D eigenvalue weighted by Gasteiger charge is -2.25. The standard InChI is InChI=1S/C15H26ClN3/c1-5-12-15(16)14(19(4)18-12)9-13(17-6-2)10(3)11-7-8-11/h10-11,13,17H,5-9H2,1-4H3. The molecule has 2 rings (SSSR count). The molecule has 1 aliphatic carbocycles. The summed E-state index contributed by atoms with van der Waals surface area (Å²) < 4.78 is 1.96. The normalized spacial score (nSPS) is 18.6. The molecule has 0 spiro atoms. The Morgan fingerprint density at radius 1 is 1.42 bits per heavy atom. The summed E-state index contributed by atoms with van der Waals surface area (Å²) in [5.74, 6) is 1.62. The quantitative estimate of drug-likeness (QED) is 0.833. The monoisotopic (exact) mass is 283 g/mol. The van der Waals surface area contributed by atoms with Crippen LogP contribution in [0.2, 0.25) is 5.02 Å². The summed E-state index contributed by atoms with van der Waals surface area (Å²) in [4.78, 5) is 0. The minimum atomic E-state index is 0.509. The Morgan fingerprint density at radius 3 is 2.58 bits per heavy atom. The maximum atomic E-state index is 6.46. The van der Waals surface area contributed by atoms with Gasteiger partial charge in [0, 0.05) is 19.5 Å². The van der Waals surface area contributed by atoms with Gasteiger partial charge in [-0.3, -0.25) is 4.68 Å². The molecule has 1 aromatic heterocycles. The number of nitrogens with one attached hydrogen (secondary N) is 1. The predicted molar refractivity (Wildman–Crippen MR) is 80.7 cm³/mol. The van der Waals surface area contributed by atoms with Crippen molar-refractivity contribution in [2.75, 3.05) is 6.54 Å². The number of hydrogen-bond acceptors (Lipinski definition) is 2. The fourth-order valence-corrected chi connectivity index (χ4v) is 3.28. The van der Waals surface area contributed by atoms with E-state index < -0.39 is 0 Å². The Labute approximate surface area is 121 Å². The van der Waals surface area contributed by atoms with E-state index in [2.05, 4.69) is 31.2 Å². The smallest absolute Gasteiger partial charge is 0.0850 e. The maximum Gasteiger partial charge on any atom is 0.0850 e. The average molecular weight is 284 g/mol. The van der Waals surface area contributed by atoms with Crippen molar-refractivity contribution < 1.29 is 0 Å². The summed E-state index contributed by atoms with van der Waals surface area (Å²) >= 11 is 6.46. The largest absolute Gasteiger partial charge is 0.314 e. The predicted octanol–water partition coefficient (Wildman–Crippen LogP) is 3.20. The first-order valence-corrected chi connectivity index (χ1v) is 7.89. The molecule has 1 saturated carbocycles. The van der Waals surface area contributed by atoms with Crippen LogP contribution in [0.15, 0.2) is 0 Å². The molecule has 1 heterocycles. The first-order chi connectivity index (χ1) is 9.08. The van der Waals surface area contributed by atoms with Gasteiger partial charge < -0.3 is 5.32 Å². The highest BCUT2D eigenvalue weighted by atomic mass is 35.5. The van der Waals surface area contributed by atoms with Crippen molar-refractivity contribution in [3.63, 3.8) is 0 Å². The summed E-state index contributed by atoms with van der Waals surface area (Å²) in [5.41, 5.74) is 2.20.